The number of hydrogen-bond acceptors (Lipinski definition) is 6. The van der Waals surface area contributed by atoms with Crippen LogP contribution in [0.4, 0.5) is 8.78 Å². The zero-order valence-corrected chi connectivity index (χ0v) is 21.5. The highest BCUT2D eigenvalue weighted by atomic mass is 35.5. The summed E-state index contributed by atoms with van der Waals surface area (Å²) in [4.78, 5) is 28.9. The molecule has 0 bridgehead atoms. The molecule has 3 aliphatic heterocycles. The van der Waals surface area contributed by atoms with Crippen molar-refractivity contribution in [3.05, 3.63) is 69.3 Å². The SMILES string of the molecule is C=CC(=O)N1CCN2C(=O)c3cc(F)c(C4=CC=C(F)[C@H]5SC(N)=C(C#N)C45C)c(Cl)c3OCCC2C1. The molecule has 0 radical (unpaired) electrons. The largest absolute Gasteiger partial charge is 0.491 e. The predicted molar refractivity (Wildman–Crippen MR) is 137 cm³/mol. The van der Waals surface area contributed by atoms with E-state index in [9.17, 15) is 19.2 Å². The number of halogens is 3. The summed E-state index contributed by atoms with van der Waals surface area (Å²) in [5.74, 6) is -1.93. The maximum atomic E-state index is 15.9. The number of fused-ring (bicyclic) bond motifs is 3. The summed E-state index contributed by atoms with van der Waals surface area (Å²) in [6.07, 6.45) is 4.28. The lowest BCUT2D eigenvalue weighted by Gasteiger charge is -2.42. The Balaban J connectivity index is 1.59. The molecule has 2 N–H and O–H groups in total. The number of thioether (sulfide) groups is 1. The molecular formula is C26H23ClF2N4O3S. The topological polar surface area (TPSA) is 99.7 Å². The summed E-state index contributed by atoms with van der Waals surface area (Å²) < 4.78 is 36.6. The molecule has 192 valence electrons. The summed E-state index contributed by atoms with van der Waals surface area (Å²) in [5.41, 5.74) is 5.09. The first-order valence-corrected chi connectivity index (χ1v) is 12.9. The minimum absolute atomic E-state index is 0.0308. The van der Waals surface area contributed by atoms with Gasteiger partial charge in [-0.25, -0.2) is 8.78 Å². The van der Waals surface area contributed by atoms with Crippen LogP contribution in [0.5, 0.6) is 5.75 Å². The van der Waals surface area contributed by atoms with Crippen LogP contribution in [-0.2, 0) is 4.79 Å². The first-order chi connectivity index (χ1) is 17.6. The van der Waals surface area contributed by atoms with E-state index in [4.69, 9.17) is 22.1 Å². The lowest BCUT2D eigenvalue weighted by atomic mass is 9.68. The number of carbonyl (C=O) groups excluding carboxylic acids is 2. The Bertz CT molecular complexity index is 1380. The van der Waals surface area contributed by atoms with Crippen molar-refractivity contribution in [1.82, 2.24) is 9.80 Å². The molecule has 37 heavy (non-hydrogen) atoms. The van der Waals surface area contributed by atoms with Crippen molar-refractivity contribution < 1.29 is 23.1 Å². The van der Waals surface area contributed by atoms with E-state index in [-0.39, 0.29) is 63.2 Å². The molecule has 7 nitrogen and oxygen atoms in total. The summed E-state index contributed by atoms with van der Waals surface area (Å²) >= 11 is 7.75. The van der Waals surface area contributed by atoms with Gasteiger partial charge in [-0.3, -0.25) is 9.59 Å². The molecule has 1 saturated heterocycles. The van der Waals surface area contributed by atoms with Gasteiger partial charge in [0.25, 0.3) is 5.91 Å². The van der Waals surface area contributed by atoms with Crippen LogP contribution in [0.15, 0.2) is 47.3 Å². The van der Waals surface area contributed by atoms with Gasteiger partial charge in [0.05, 0.1) is 45.2 Å². The second kappa shape index (κ2) is 9.23. The van der Waals surface area contributed by atoms with Gasteiger partial charge >= 0.3 is 0 Å². The van der Waals surface area contributed by atoms with Crippen LogP contribution < -0.4 is 10.5 Å². The fraction of sp³-hybridized carbons (Fsp3) is 0.346. The third-order valence-electron chi connectivity index (χ3n) is 7.47. The number of benzene rings is 1. The Kier molecular flexibility index (Phi) is 6.32. The molecule has 0 saturated carbocycles. The van der Waals surface area contributed by atoms with Crippen molar-refractivity contribution in [3.63, 3.8) is 0 Å². The number of carbonyl (C=O) groups is 2. The molecule has 2 amide bonds. The van der Waals surface area contributed by atoms with E-state index in [2.05, 4.69) is 12.6 Å². The second-order valence-electron chi connectivity index (χ2n) is 9.39. The maximum absolute atomic E-state index is 15.9. The Morgan fingerprint density at radius 2 is 2.16 bits per heavy atom. The minimum atomic E-state index is -1.27. The highest BCUT2D eigenvalue weighted by Gasteiger charge is 2.53. The fourth-order valence-corrected chi connectivity index (χ4v) is 7.18. The van der Waals surface area contributed by atoms with Crippen LogP contribution in [0.25, 0.3) is 5.57 Å². The lowest BCUT2D eigenvalue weighted by molar-refractivity contribution is -0.128. The van der Waals surface area contributed by atoms with E-state index in [1.54, 1.807) is 16.7 Å². The molecule has 2 unspecified atom stereocenters. The second-order valence-corrected chi connectivity index (χ2v) is 10.9. The molecule has 0 spiro atoms. The lowest BCUT2D eigenvalue weighted by Crippen LogP contribution is -2.57. The average molecular weight is 545 g/mol. The molecule has 1 fully saturated rings. The van der Waals surface area contributed by atoms with Gasteiger partial charge in [0.2, 0.25) is 5.91 Å². The molecule has 3 heterocycles. The Labute approximate surface area is 221 Å². The Morgan fingerprint density at radius 1 is 1.41 bits per heavy atom. The van der Waals surface area contributed by atoms with E-state index in [0.717, 1.165) is 17.8 Å². The van der Waals surface area contributed by atoms with E-state index in [0.29, 0.717) is 19.5 Å². The van der Waals surface area contributed by atoms with Crippen molar-refractivity contribution in [3.8, 4) is 11.8 Å². The normalized spacial score (nSPS) is 27.1. The number of ether oxygens (including phenoxy) is 1. The molecule has 1 aromatic carbocycles. The first kappa shape index (κ1) is 25.4. The quantitative estimate of drug-likeness (QED) is 0.561. The number of hydrogen-bond donors (Lipinski definition) is 1. The number of allylic oxidation sites excluding steroid dienone is 4. The highest BCUT2D eigenvalue weighted by molar-refractivity contribution is 8.04. The van der Waals surface area contributed by atoms with Crippen LogP contribution in [0, 0.1) is 22.6 Å². The van der Waals surface area contributed by atoms with Crippen LogP contribution in [-0.4, -0.2) is 59.1 Å². The van der Waals surface area contributed by atoms with Gasteiger partial charge in [-0.15, -0.1) is 0 Å². The van der Waals surface area contributed by atoms with Crippen molar-refractivity contribution in [2.75, 3.05) is 26.2 Å². The highest BCUT2D eigenvalue weighted by Crippen LogP contribution is 2.61. The smallest absolute Gasteiger partial charge is 0.258 e. The molecule has 1 aromatic rings. The molecule has 1 aliphatic carbocycles. The van der Waals surface area contributed by atoms with Gasteiger partial charge < -0.3 is 20.3 Å². The molecule has 11 heteroatoms. The van der Waals surface area contributed by atoms with Crippen LogP contribution >= 0.6 is 23.4 Å². The Hall–Kier alpha value is -3.29. The number of nitriles is 1. The summed E-state index contributed by atoms with van der Waals surface area (Å²) in [6.45, 7) is 6.23. The standard InChI is InChI=1S/C26H23ClF2N4O3S/c1-3-19(34)32-7-8-33-13(12-32)6-9-36-22-14(25(33)35)10-18(29)20(21(22)27)15-4-5-17(28)23-26(15,2)16(11-30)24(31)37-23/h3-5,10,13,23H,1,6-9,12,31H2,2H3/t13?,23-,26?/m1/s1. The van der Waals surface area contributed by atoms with E-state index in [1.165, 1.54) is 18.2 Å². The van der Waals surface area contributed by atoms with Crippen LogP contribution in [0.3, 0.4) is 0 Å². The number of rotatable bonds is 2. The van der Waals surface area contributed by atoms with Gasteiger partial charge in [-0.05, 0) is 30.7 Å². The van der Waals surface area contributed by atoms with Gasteiger partial charge in [-0.2, -0.15) is 5.26 Å². The molecule has 5 rings (SSSR count). The Morgan fingerprint density at radius 3 is 2.86 bits per heavy atom. The average Bonchev–Trinajstić information content (AvgIpc) is 3.15. The fourth-order valence-electron chi connectivity index (χ4n) is 5.54. The van der Waals surface area contributed by atoms with Crippen LogP contribution in [0.1, 0.15) is 29.3 Å². The monoisotopic (exact) mass is 544 g/mol. The van der Waals surface area contributed by atoms with E-state index < -0.39 is 28.2 Å². The summed E-state index contributed by atoms with van der Waals surface area (Å²) in [5, 5.41) is 8.99. The zero-order valence-electron chi connectivity index (χ0n) is 19.9. The predicted octanol–water partition coefficient (Wildman–Crippen LogP) is 4.17. The van der Waals surface area contributed by atoms with E-state index >= 15 is 4.39 Å². The van der Waals surface area contributed by atoms with Gasteiger partial charge in [0, 0.05) is 37.0 Å². The van der Waals surface area contributed by atoms with Crippen molar-refractivity contribution >= 4 is 40.8 Å². The van der Waals surface area contributed by atoms with Crippen molar-refractivity contribution in [1.29, 1.82) is 5.26 Å². The molecule has 4 aliphatic rings. The van der Waals surface area contributed by atoms with Crippen LogP contribution in [0.2, 0.25) is 5.02 Å². The van der Waals surface area contributed by atoms with Gasteiger partial charge in [0.1, 0.15) is 11.6 Å². The summed E-state index contributed by atoms with van der Waals surface area (Å²) in [7, 11) is 0. The maximum Gasteiger partial charge on any atom is 0.258 e. The molecular weight excluding hydrogens is 522 g/mol. The van der Waals surface area contributed by atoms with Crippen molar-refractivity contribution in [2.45, 2.75) is 24.6 Å². The third kappa shape index (κ3) is 3.75. The van der Waals surface area contributed by atoms with Crippen molar-refractivity contribution in [2.24, 2.45) is 11.1 Å². The van der Waals surface area contributed by atoms with Gasteiger partial charge in [0.15, 0.2) is 5.75 Å². The number of nitrogens with zero attached hydrogens (tertiary/aromatic N) is 3. The summed E-state index contributed by atoms with van der Waals surface area (Å²) in [6, 6.07) is 2.83. The third-order valence-corrected chi connectivity index (χ3v) is 9.22. The number of piperazine rings is 1. The van der Waals surface area contributed by atoms with Gasteiger partial charge in [-0.1, -0.05) is 36.0 Å². The first-order valence-electron chi connectivity index (χ1n) is 11.7. The minimum Gasteiger partial charge on any atom is -0.491 e. The van der Waals surface area contributed by atoms with E-state index in [1.807, 2.05) is 0 Å². The number of nitrogens with two attached hydrogens (primary N) is 1. The molecule has 0 aromatic heterocycles. The number of amides is 2. The zero-order chi connectivity index (χ0) is 26.6. The molecule has 3 atom stereocenters.